The van der Waals surface area contributed by atoms with E-state index in [0.717, 1.165) is 55.8 Å². The number of rotatable bonds is 21. The Bertz CT molecular complexity index is 803. The number of aryl methyl sites for hydroxylation is 1. The van der Waals surface area contributed by atoms with E-state index in [1.165, 1.54) is 63.4 Å². The molecule has 200 valence electrons. The Labute approximate surface area is 223 Å². The third kappa shape index (κ3) is 13.5. The van der Waals surface area contributed by atoms with Crippen LogP contribution in [0.3, 0.4) is 0 Å². The van der Waals surface area contributed by atoms with Crippen LogP contribution in [0.4, 0.5) is 0 Å². The summed E-state index contributed by atoms with van der Waals surface area (Å²) in [5.74, 6) is 2.10. The molecule has 2 unspecified atom stereocenters. The molecule has 0 fully saturated rings. The van der Waals surface area contributed by atoms with Gasteiger partial charge in [-0.15, -0.1) is 0 Å². The van der Waals surface area contributed by atoms with Crippen LogP contribution in [0.2, 0.25) is 6.04 Å². The Hall–Kier alpha value is -1.79. The Kier molecular flexibility index (Phi) is 16.3. The molecule has 2 rings (SSSR count). The molecule has 0 saturated heterocycles. The van der Waals surface area contributed by atoms with Crippen LogP contribution >= 0.6 is 0 Å². The summed E-state index contributed by atoms with van der Waals surface area (Å²) in [7, 11) is 0.412. The lowest BCUT2D eigenvalue weighted by atomic mass is 9.95. The zero-order valence-corrected chi connectivity index (χ0v) is 24.3. The Morgan fingerprint density at radius 2 is 1.56 bits per heavy atom. The maximum absolute atomic E-state index is 5.96. The van der Waals surface area contributed by atoms with Crippen LogP contribution in [0.25, 0.3) is 11.4 Å². The van der Waals surface area contributed by atoms with Gasteiger partial charge >= 0.3 is 9.76 Å². The lowest BCUT2D eigenvalue weighted by molar-refractivity contribution is 0.126. The fraction of sp³-hybridized carbons (Fsp3) is 0.700. The highest BCUT2D eigenvalue weighted by molar-refractivity contribution is 6.28. The Balaban J connectivity index is 1.66. The molecule has 0 aliphatic carbocycles. The van der Waals surface area contributed by atoms with Crippen molar-refractivity contribution in [3.63, 3.8) is 0 Å². The number of hydrogen-bond acceptors (Lipinski definition) is 5. The van der Waals surface area contributed by atoms with Crippen molar-refractivity contribution in [2.24, 2.45) is 11.8 Å². The molecule has 2 aromatic heterocycles. The zero-order valence-electron chi connectivity index (χ0n) is 23.3. The molecule has 0 bridgehead atoms. The van der Waals surface area contributed by atoms with Gasteiger partial charge in [-0.1, -0.05) is 85.1 Å². The molecule has 2 heterocycles. The van der Waals surface area contributed by atoms with Crippen LogP contribution in [0, 0.1) is 11.8 Å². The van der Waals surface area contributed by atoms with Crippen molar-refractivity contribution in [3.05, 3.63) is 36.3 Å². The van der Waals surface area contributed by atoms with Crippen molar-refractivity contribution < 1.29 is 9.16 Å². The van der Waals surface area contributed by atoms with Crippen LogP contribution in [-0.2, 0) is 11.2 Å². The van der Waals surface area contributed by atoms with E-state index < -0.39 is 0 Å². The molecule has 0 saturated carbocycles. The first kappa shape index (κ1) is 30.4. The molecule has 5 nitrogen and oxygen atoms in total. The van der Waals surface area contributed by atoms with Crippen LogP contribution in [0.15, 0.2) is 30.7 Å². The first-order chi connectivity index (χ1) is 17.6. The van der Waals surface area contributed by atoms with Crippen molar-refractivity contribution in [2.45, 2.75) is 111 Å². The molecule has 36 heavy (non-hydrogen) atoms. The summed E-state index contributed by atoms with van der Waals surface area (Å²) >= 11 is 0. The summed E-state index contributed by atoms with van der Waals surface area (Å²) in [5.41, 5.74) is 2.85. The molecule has 2 aromatic rings. The van der Waals surface area contributed by atoms with E-state index in [2.05, 4.69) is 48.7 Å². The topological polar surface area (TPSA) is 57.1 Å². The maximum Gasteiger partial charge on any atom is 0.313 e. The standard InChI is InChI=1S/C30H49N3O2Si/c1-5-7-9-11-19-34-20-12-10-14-27-17-18-28(32-21-27)29-22-31-23-30(33-29)35-36-24-26(4)16-15-25(3)13-8-6-2/h17-18,21-23,25-26H,5-16,19-20,24H2,1-4H3. The highest BCUT2D eigenvalue weighted by Crippen LogP contribution is 2.21. The van der Waals surface area contributed by atoms with Crippen molar-refractivity contribution in [1.29, 1.82) is 0 Å². The predicted octanol–water partition coefficient (Wildman–Crippen LogP) is 8.12. The summed E-state index contributed by atoms with van der Waals surface area (Å²) in [6, 6.07) is 5.26. The van der Waals surface area contributed by atoms with E-state index in [-0.39, 0.29) is 0 Å². The van der Waals surface area contributed by atoms with E-state index in [4.69, 9.17) is 9.16 Å². The van der Waals surface area contributed by atoms with Crippen molar-refractivity contribution in [3.8, 4) is 17.3 Å². The first-order valence-electron chi connectivity index (χ1n) is 14.4. The summed E-state index contributed by atoms with van der Waals surface area (Å²) in [4.78, 5) is 13.6. The highest BCUT2D eigenvalue weighted by atomic mass is 28.2. The zero-order chi connectivity index (χ0) is 25.8. The average molecular weight is 512 g/mol. The van der Waals surface area contributed by atoms with Gasteiger partial charge in [-0.05, 0) is 55.2 Å². The van der Waals surface area contributed by atoms with E-state index >= 15 is 0 Å². The van der Waals surface area contributed by atoms with Crippen LogP contribution in [0.1, 0.15) is 104 Å². The molecule has 2 radical (unpaired) electrons. The number of ether oxygens (including phenoxy) is 1. The number of pyridine rings is 1. The Morgan fingerprint density at radius 1 is 0.778 bits per heavy atom. The van der Waals surface area contributed by atoms with Gasteiger partial charge in [-0.3, -0.25) is 9.97 Å². The van der Waals surface area contributed by atoms with E-state index in [1.54, 1.807) is 12.4 Å². The fourth-order valence-electron chi connectivity index (χ4n) is 4.14. The van der Waals surface area contributed by atoms with Gasteiger partial charge in [0.1, 0.15) is 5.69 Å². The lowest BCUT2D eigenvalue weighted by Crippen LogP contribution is -2.09. The second-order valence-corrected chi connectivity index (χ2v) is 11.2. The second kappa shape index (κ2) is 19.3. The first-order valence-corrected chi connectivity index (χ1v) is 15.5. The third-order valence-corrected chi connectivity index (χ3v) is 7.87. The molecule has 0 aliphatic heterocycles. The quantitative estimate of drug-likeness (QED) is 0.125. The molecule has 0 aromatic carbocycles. The van der Waals surface area contributed by atoms with E-state index in [1.807, 2.05) is 12.3 Å². The minimum absolute atomic E-state index is 0.412. The molecule has 0 aliphatic rings. The molecule has 2 atom stereocenters. The number of nitrogens with zero attached hydrogens (tertiary/aromatic N) is 3. The summed E-state index contributed by atoms with van der Waals surface area (Å²) in [6.45, 7) is 11.0. The third-order valence-electron chi connectivity index (χ3n) is 6.66. The van der Waals surface area contributed by atoms with Gasteiger partial charge in [0, 0.05) is 19.4 Å². The monoisotopic (exact) mass is 511 g/mol. The smallest absolute Gasteiger partial charge is 0.313 e. The van der Waals surface area contributed by atoms with Gasteiger partial charge < -0.3 is 9.16 Å². The van der Waals surface area contributed by atoms with Gasteiger partial charge in [0.15, 0.2) is 0 Å². The Morgan fingerprint density at radius 3 is 2.31 bits per heavy atom. The normalized spacial score (nSPS) is 13.0. The largest absolute Gasteiger partial charge is 0.527 e. The molecule has 0 amide bonds. The van der Waals surface area contributed by atoms with Gasteiger partial charge in [0.05, 0.1) is 18.1 Å². The maximum atomic E-state index is 5.96. The van der Waals surface area contributed by atoms with Gasteiger partial charge in [-0.25, -0.2) is 4.98 Å². The van der Waals surface area contributed by atoms with E-state index in [0.29, 0.717) is 21.6 Å². The summed E-state index contributed by atoms with van der Waals surface area (Å²) in [5, 5.41) is 0. The molecule has 0 spiro atoms. The molecular weight excluding hydrogens is 462 g/mol. The summed E-state index contributed by atoms with van der Waals surface area (Å²) in [6.07, 6.45) is 20.3. The number of unbranched alkanes of at least 4 members (excludes halogenated alkanes) is 5. The van der Waals surface area contributed by atoms with Crippen molar-refractivity contribution in [1.82, 2.24) is 15.0 Å². The van der Waals surface area contributed by atoms with Gasteiger partial charge in [0.25, 0.3) is 0 Å². The van der Waals surface area contributed by atoms with Crippen molar-refractivity contribution in [2.75, 3.05) is 13.2 Å². The predicted molar refractivity (Wildman–Crippen MR) is 151 cm³/mol. The number of aromatic nitrogens is 3. The highest BCUT2D eigenvalue weighted by Gasteiger charge is 2.10. The van der Waals surface area contributed by atoms with Crippen LogP contribution in [0.5, 0.6) is 5.88 Å². The molecular formula is C30H49N3O2Si. The minimum Gasteiger partial charge on any atom is -0.527 e. The van der Waals surface area contributed by atoms with Gasteiger partial charge in [0.2, 0.25) is 5.88 Å². The second-order valence-electron chi connectivity index (χ2n) is 10.3. The van der Waals surface area contributed by atoms with Crippen LogP contribution < -0.4 is 4.43 Å². The van der Waals surface area contributed by atoms with Crippen LogP contribution in [-0.4, -0.2) is 37.9 Å². The van der Waals surface area contributed by atoms with E-state index in [9.17, 15) is 0 Å². The van der Waals surface area contributed by atoms with Crippen molar-refractivity contribution >= 4 is 9.76 Å². The SMILES string of the molecule is CCCCCCOCCCCc1ccc(-c2cncc(O[Si]CC(C)CCC(C)CCCC)n2)nc1. The minimum atomic E-state index is 0.412. The lowest BCUT2D eigenvalue weighted by Gasteiger charge is -2.15. The fourth-order valence-corrected chi connectivity index (χ4v) is 4.95. The molecule has 0 N–H and O–H groups in total. The average Bonchev–Trinajstić information content (AvgIpc) is 2.90. The summed E-state index contributed by atoms with van der Waals surface area (Å²) < 4.78 is 11.7. The van der Waals surface area contributed by atoms with Gasteiger partial charge in [-0.2, -0.15) is 0 Å². The molecule has 6 heteroatoms. The number of hydrogen-bond donors (Lipinski definition) is 0.